The van der Waals surface area contributed by atoms with Crippen LogP contribution in [0.1, 0.15) is 29.5 Å². The summed E-state index contributed by atoms with van der Waals surface area (Å²) in [4.78, 5) is 21.0. The Morgan fingerprint density at radius 3 is 2.83 bits per heavy atom. The Bertz CT molecular complexity index is 869. The highest BCUT2D eigenvalue weighted by Gasteiger charge is 2.19. The van der Waals surface area contributed by atoms with E-state index in [1.54, 1.807) is 10.6 Å². The molecule has 0 saturated carbocycles. The first kappa shape index (κ1) is 15.0. The van der Waals surface area contributed by atoms with Crippen molar-refractivity contribution in [3.63, 3.8) is 0 Å². The summed E-state index contributed by atoms with van der Waals surface area (Å²) in [5.41, 5.74) is 9.81. The molecule has 6 heteroatoms. The first-order valence-electron chi connectivity index (χ1n) is 7.60. The Kier molecular flexibility index (Phi) is 3.97. The van der Waals surface area contributed by atoms with Gasteiger partial charge in [0.05, 0.1) is 0 Å². The van der Waals surface area contributed by atoms with Crippen LogP contribution in [0.3, 0.4) is 0 Å². The number of carbonyl (C=O) groups is 1. The number of pyridine rings is 2. The van der Waals surface area contributed by atoms with E-state index < -0.39 is 0 Å². The van der Waals surface area contributed by atoms with Crippen LogP contribution in [-0.2, 0) is 0 Å². The number of amides is 1. The summed E-state index contributed by atoms with van der Waals surface area (Å²) in [6, 6.07) is 7.71. The second-order valence-electron chi connectivity index (χ2n) is 5.35. The monoisotopic (exact) mass is 309 g/mol. The second kappa shape index (κ2) is 6.08. The molecule has 0 aliphatic heterocycles. The number of imidazole rings is 1. The molecule has 0 atom stereocenters. The first-order valence-corrected chi connectivity index (χ1v) is 7.60. The Hall–Kier alpha value is -2.89. The quantitative estimate of drug-likeness (QED) is 0.775. The number of rotatable bonds is 4. The van der Waals surface area contributed by atoms with Gasteiger partial charge in [-0.05, 0) is 31.5 Å². The average Bonchev–Trinajstić information content (AvgIpc) is 2.90. The summed E-state index contributed by atoms with van der Waals surface area (Å²) in [6.07, 6.45) is 4.42. The van der Waals surface area contributed by atoms with Crippen molar-refractivity contribution in [2.45, 2.75) is 20.3 Å². The number of nitrogens with zero attached hydrogens (tertiary/aromatic N) is 3. The lowest BCUT2D eigenvalue weighted by molar-refractivity contribution is 0.0950. The van der Waals surface area contributed by atoms with Crippen LogP contribution in [0.25, 0.3) is 16.8 Å². The zero-order chi connectivity index (χ0) is 16.4. The van der Waals surface area contributed by atoms with Gasteiger partial charge in [0.25, 0.3) is 5.91 Å². The largest absolute Gasteiger partial charge is 0.383 e. The third-order valence-electron chi connectivity index (χ3n) is 3.73. The van der Waals surface area contributed by atoms with Crippen LogP contribution in [-0.4, -0.2) is 26.8 Å². The summed E-state index contributed by atoms with van der Waals surface area (Å²) >= 11 is 0. The molecular formula is C17H19N5O. The van der Waals surface area contributed by atoms with Gasteiger partial charge in [0.2, 0.25) is 0 Å². The number of nitrogen functional groups attached to an aromatic ring is 1. The zero-order valence-electron chi connectivity index (χ0n) is 13.2. The van der Waals surface area contributed by atoms with Crippen molar-refractivity contribution in [3.8, 4) is 11.1 Å². The molecule has 0 spiro atoms. The van der Waals surface area contributed by atoms with E-state index in [0.717, 1.165) is 23.2 Å². The third-order valence-corrected chi connectivity index (χ3v) is 3.73. The van der Waals surface area contributed by atoms with Crippen molar-refractivity contribution in [1.82, 2.24) is 19.7 Å². The summed E-state index contributed by atoms with van der Waals surface area (Å²) in [5, 5.41) is 2.81. The molecule has 6 nitrogen and oxygen atoms in total. The first-order chi connectivity index (χ1) is 11.1. The van der Waals surface area contributed by atoms with E-state index in [1.807, 2.05) is 44.3 Å². The number of nitrogens with two attached hydrogens (primary N) is 1. The Morgan fingerprint density at radius 2 is 2.09 bits per heavy atom. The van der Waals surface area contributed by atoms with Gasteiger partial charge in [-0.2, -0.15) is 0 Å². The molecular weight excluding hydrogens is 290 g/mol. The molecule has 0 aromatic carbocycles. The van der Waals surface area contributed by atoms with Crippen molar-refractivity contribution < 1.29 is 4.79 Å². The molecule has 0 aliphatic rings. The van der Waals surface area contributed by atoms with Crippen LogP contribution in [0, 0.1) is 6.92 Å². The van der Waals surface area contributed by atoms with Crippen LogP contribution in [0.15, 0.2) is 36.7 Å². The molecule has 3 aromatic heterocycles. The van der Waals surface area contributed by atoms with Gasteiger partial charge in [0.15, 0.2) is 5.69 Å². The number of hydrogen-bond acceptors (Lipinski definition) is 4. The Morgan fingerprint density at radius 1 is 1.30 bits per heavy atom. The van der Waals surface area contributed by atoms with E-state index >= 15 is 0 Å². The molecule has 23 heavy (non-hydrogen) atoms. The van der Waals surface area contributed by atoms with Gasteiger partial charge in [0, 0.05) is 35.8 Å². The fourth-order valence-electron chi connectivity index (χ4n) is 2.55. The van der Waals surface area contributed by atoms with Crippen LogP contribution >= 0.6 is 0 Å². The number of anilines is 1. The summed E-state index contributed by atoms with van der Waals surface area (Å²) in [5.74, 6) is 0.0962. The van der Waals surface area contributed by atoms with E-state index in [0.29, 0.717) is 18.0 Å². The van der Waals surface area contributed by atoms with Crippen LogP contribution in [0.4, 0.5) is 5.82 Å². The maximum atomic E-state index is 12.2. The minimum Gasteiger partial charge on any atom is -0.383 e. The standard InChI is InChI=1S/C17H19N5O/c1-3-8-20-17(23)14-15(18)22-10-5-7-13(16(22)21-14)12-6-4-9-19-11(12)2/h4-7,9-10H,3,8,18H2,1-2H3,(H,20,23). The maximum Gasteiger partial charge on any atom is 0.273 e. The number of nitrogens with one attached hydrogen (secondary N) is 1. The van der Waals surface area contributed by atoms with Gasteiger partial charge in [-0.25, -0.2) is 4.98 Å². The van der Waals surface area contributed by atoms with E-state index in [-0.39, 0.29) is 11.6 Å². The molecule has 0 bridgehead atoms. The Labute approximate surface area is 134 Å². The highest BCUT2D eigenvalue weighted by atomic mass is 16.1. The van der Waals surface area contributed by atoms with Gasteiger partial charge in [0.1, 0.15) is 11.5 Å². The second-order valence-corrected chi connectivity index (χ2v) is 5.35. The predicted molar refractivity (Wildman–Crippen MR) is 90.2 cm³/mol. The fourth-order valence-corrected chi connectivity index (χ4v) is 2.55. The molecule has 0 saturated heterocycles. The molecule has 3 rings (SSSR count). The third kappa shape index (κ3) is 2.63. The SMILES string of the molecule is CCCNC(=O)c1nc2c(-c3cccnc3C)cccn2c1N. The van der Waals surface area contributed by atoms with Gasteiger partial charge in [-0.1, -0.05) is 13.0 Å². The van der Waals surface area contributed by atoms with Crippen molar-refractivity contribution in [1.29, 1.82) is 0 Å². The average molecular weight is 309 g/mol. The lowest BCUT2D eigenvalue weighted by atomic mass is 10.1. The lowest BCUT2D eigenvalue weighted by Gasteiger charge is -2.06. The van der Waals surface area contributed by atoms with Gasteiger partial charge >= 0.3 is 0 Å². The molecule has 0 fully saturated rings. The molecule has 118 valence electrons. The minimum atomic E-state index is -0.248. The van der Waals surface area contributed by atoms with Crippen molar-refractivity contribution in [2.75, 3.05) is 12.3 Å². The molecule has 3 heterocycles. The van der Waals surface area contributed by atoms with Crippen LogP contribution in [0.5, 0.6) is 0 Å². The zero-order valence-corrected chi connectivity index (χ0v) is 13.2. The van der Waals surface area contributed by atoms with Gasteiger partial charge in [-0.15, -0.1) is 0 Å². The highest BCUT2D eigenvalue weighted by Crippen LogP contribution is 2.28. The van der Waals surface area contributed by atoms with E-state index in [2.05, 4.69) is 15.3 Å². The number of carbonyl (C=O) groups excluding carboxylic acids is 1. The fraction of sp³-hybridized carbons (Fsp3) is 0.235. The van der Waals surface area contributed by atoms with E-state index in [9.17, 15) is 4.79 Å². The smallest absolute Gasteiger partial charge is 0.273 e. The molecule has 3 aromatic rings. The summed E-state index contributed by atoms with van der Waals surface area (Å²) in [6.45, 7) is 4.54. The predicted octanol–water partition coefficient (Wildman–Crippen LogP) is 2.43. The molecule has 1 amide bonds. The van der Waals surface area contributed by atoms with Crippen molar-refractivity contribution in [2.24, 2.45) is 0 Å². The molecule has 3 N–H and O–H groups in total. The highest BCUT2D eigenvalue weighted by molar-refractivity contribution is 5.98. The number of hydrogen-bond donors (Lipinski definition) is 2. The van der Waals surface area contributed by atoms with Crippen molar-refractivity contribution in [3.05, 3.63) is 48.0 Å². The number of fused-ring (bicyclic) bond motifs is 1. The minimum absolute atomic E-state index is 0.248. The number of aryl methyl sites for hydroxylation is 1. The summed E-state index contributed by atoms with van der Waals surface area (Å²) < 4.78 is 1.74. The van der Waals surface area contributed by atoms with Crippen LogP contribution in [0.2, 0.25) is 0 Å². The van der Waals surface area contributed by atoms with Crippen molar-refractivity contribution >= 4 is 17.4 Å². The number of aromatic nitrogens is 3. The molecule has 0 aliphatic carbocycles. The van der Waals surface area contributed by atoms with E-state index in [4.69, 9.17) is 5.73 Å². The maximum absolute atomic E-state index is 12.2. The molecule has 0 radical (unpaired) electrons. The lowest BCUT2D eigenvalue weighted by Crippen LogP contribution is -2.25. The molecule has 0 unspecified atom stereocenters. The van der Waals surface area contributed by atoms with Crippen LogP contribution < -0.4 is 11.1 Å². The van der Waals surface area contributed by atoms with Gasteiger partial charge in [-0.3, -0.25) is 14.2 Å². The normalized spacial score (nSPS) is 10.9. The van der Waals surface area contributed by atoms with E-state index in [1.165, 1.54) is 0 Å². The summed E-state index contributed by atoms with van der Waals surface area (Å²) in [7, 11) is 0. The topological polar surface area (TPSA) is 85.3 Å². The van der Waals surface area contributed by atoms with Gasteiger partial charge < -0.3 is 11.1 Å². The Balaban J connectivity index is 2.16.